The molecule has 34 heavy (non-hydrogen) atoms. The van der Waals surface area contributed by atoms with Gasteiger partial charge in [-0.1, -0.05) is 18.2 Å². The molecule has 2 aromatic carbocycles. The summed E-state index contributed by atoms with van der Waals surface area (Å²) in [6.07, 6.45) is -2.69. The molecule has 0 N–H and O–H groups in total. The van der Waals surface area contributed by atoms with Gasteiger partial charge in [0.15, 0.2) is 0 Å². The molecule has 172 valence electrons. The number of para-hydroxylation sites is 1. The fourth-order valence-corrected chi connectivity index (χ4v) is 4.04. The Morgan fingerprint density at radius 1 is 0.941 bits per heavy atom. The number of aromatic nitrogens is 5. The molecule has 0 amide bonds. The average Bonchev–Trinajstić information content (AvgIpc) is 3.34. The number of benzene rings is 2. The highest BCUT2D eigenvalue weighted by atomic mass is 19.4. The third kappa shape index (κ3) is 3.89. The van der Waals surface area contributed by atoms with Crippen molar-refractivity contribution in [2.75, 3.05) is 0 Å². The van der Waals surface area contributed by atoms with Crippen LogP contribution in [0.25, 0.3) is 27.8 Å². The molecule has 0 radical (unpaired) electrons. The van der Waals surface area contributed by atoms with Gasteiger partial charge in [0.25, 0.3) is 5.56 Å². The smallest absolute Gasteiger partial charge is 0.310 e. The molecular formula is C25H20F3N5O. The number of rotatable bonds is 4. The van der Waals surface area contributed by atoms with Crippen molar-refractivity contribution in [3.8, 4) is 16.9 Å². The largest absolute Gasteiger partial charge is 0.416 e. The molecule has 3 aromatic heterocycles. The molecule has 0 aliphatic rings. The highest BCUT2D eigenvalue weighted by Crippen LogP contribution is 2.32. The second-order valence-corrected chi connectivity index (χ2v) is 8.10. The summed E-state index contributed by atoms with van der Waals surface area (Å²) in [4.78, 5) is 12.9. The van der Waals surface area contributed by atoms with E-state index in [-0.39, 0.29) is 5.56 Å². The van der Waals surface area contributed by atoms with Crippen LogP contribution in [0.2, 0.25) is 0 Å². The van der Waals surface area contributed by atoms with E-state index in [0.29, 0.717) is 23.5 Å². The minimum absolute atomic E-state index is 0.190. The van der Waals surface area contributed by atoms with E-state index >= 15 is 0 Å². The Hall–Kier alpha value is -4.14. The van der Waals surface area contributed by atoms with Gasteiger partial charge in [-0.3, -0.25) is 9.48 Å². The summed E-state index contributed by atoms with van der Waals surface area (Å²) in [5, 5.41) is 9.77. The van der Waals surface area contributed by atoms with Gasteiger partial charge in [0, 0.05) is 30.3 Å². The van der Waals surface area contributed by atoms with Crippen LogP contribution in [0.1, 0.15) is 17.0 Å². The SMILES string of the molecule is Cc1cc(Cn2ccc(-c3nn(-c4ccc(C(F)(F)F)cc4)c4ccccc34)cc2=O)n(C)n1. The van der Waals surface area contributed by atoms with Crippen molar-refractivity contribution in [1.82, 2.24) is 24.1 Å². The monoisotopic (exact) mass is 463 g/mol. The first-order valence-corrected chi connectivity index (χ1v) is 10.6. The lowest BCUT2D eigenvalue weighted by atomic mass is 10.1. The molecule has 0 bridgehead atoms. The quantitative estimate of drug-likeness (QED) is 0.379. The summed E-state index contributed by atoms with van der Waals surface area (Å²) in [5.74, 6) is 0. The third-order valence-electron chi connectivity index (χ3n) is 5.73. The van der Waals surface area contributed by atoms with E-state index in [2.05, 4.69) is 10.2 Å². The minimum atomic E-state index is -4.41. The van der Waals surface area contributed by atoms with E-state index in [1.807, 2.05) is 50.4 Å². The normalized spacial score (nSPS) is 11.9. The zero-order chi connectivity index (χ0) is 24.0. The van der Waals surface area contributed by atoms with Crippen molar-refractivity contribution in [2.24, 2.45) is 7.05 Å². The molecule has 0 aliphatic carbocycles. The van der Waals surface area contributed by atoms with Crippen LogP contribution in [0.3, 0.4) is 0 Å². The Balaban J connectivity index is 1.55. The molecule has 0 aliphatic heterocycles. The van der Waals surface area contributed by atoms with Gasteiger partial charge >= 0.3 is 6.18 Å². The standard InChI is InChI=1S/C25H20F3N5O/c1-16-13-20(31(2)29-16)15-32-12-11-17(14-23(32)34)24-21-5-3-4-6-22(21)33(30-24)19-9-7-18(8-10-19)25(26,27)28/h3-14H,15H2,1-2H3. The summed E-state index contributed by atoms with van der Waals surface area (Å²) in [5.41, 5.74) is 3.30. The molecule has 0 unspecified atom stereocenters. The van der Waals surface area contributed by atoms with Gasteiger partial charge in [0.1, 0.15) is 5.69 Å². The lowest BCUT2D eigenvalue weighted by Gasteiger charge is -2.08. The summed E-state index contributed by atoms with van der Waals surface area (Å²) < 4.78 is 43.8. The van der Waals surface area contributed by atoms with E-state index in [4.69, 9.17) is 0 Å². The Labute approximate surface area is 192 Å². The lowest BCUT2D eigenvalue weighted by Crippen LogP contribution is -2.20. The molecule has 6 nitrogen and oxygen atoms in total. The first-order chi connectivity index (χ1) is 16.2. The minimum Gasteiger partial charge on any atom is -0.310 e. The van der Waals surface area contributed by atoms with E-state index in [0.717, 1.165) is 34.4 Å². The van der Waals surface area contributed by atoms with Crippen LogP contribution in [-0.4, -0.2) is 24.1 Å². The lowest BCUT2D eigenvalue weighted by molar-refractivity contribution is -0.137. The topological polar surface area (TPSA) is 57.6 Å². The van der Waals surface area contributed by atoms with Crippen molar-refractivity contribution >= 4 is 10.9 Å². The number of hydrogen-bond donors (Lipinski definition) is 0. The number of alkyl halides is 3. The molecule has 0 saturated heterocycles. The van der Waals surface area contributed by atoms with Crippen LogP contribution in [0.15, 0.2) is 77.7 Å². The number of hydrogen-bond acceptors (Lipinski definition) is 3. The zero-order valence-electron chi connectivity index (χ0n) is 18.4. The average molecular weight is 463 g/mol. The van der Waals surface area contributed by atoms with Crippen LogP contribution in [-0.2, 0) is 19.8 Å². The summed E-state index contributed by atoms with van der Waals surface area (Å²) in [6.45, 7) is 2.28. The number of pyridine rings is 1. The maximum absolute atomic E-state index is 13.0. The second-order valence-electron chi connectivity index (χ2n) is 8.10. The molecule has 0 fully saturated rings. The number of fused-ring (bicyclic) bond motifs is 1. The number of aryl methyl sites for hydroxylation is 2. The number of halogens is 3. The van der Waals surface area contributed by atoms with Gasteiger partial charge in [0.2, 0.25) is 0 Å². The molecule has 5 aromatic rings. The van der Waals surface area contributed by atoms with Crippen molar-refractivity contribution in [2.45, 2.75) is 19.6 Å². The Kier molecular flexibility index (Phi) is 5.11. The molecule has 9 heteroatoms. The Bertz CT molecular complexity index is 1560. The van der Waals surface area contributed by atoms with Crippen LogP contribution >= 0.6 is 0 Å². The van der Waals surface area contributed by atoms with Gasteiger partial charge in [-0.25, -0.2) is 4.68 Å². The third-order valence-corrected chi connectivity index (χ3v) is 5.73. The van der Waals surface area contributed by atoms with Crippen LogP contribution < -0.4 is 5.56 Å². The van der Waals surface area contributed by atoms with Gasteiger partial charge in [-0.05, 0) is 49.4 Å². The highest BCUT2D eigenvalue weighted by molar-refractivity contribution is 5.94. The Morgan fingerprint density at radius 2 is 1.68 bits per heavy atom. The van der Waals surface area contributed by atoms with E-state index < -0.39 is 11.7 Å². The summed E-state index contributed by atoms with van der Waals surface area (Å²) in [7, 11) is 1.84. The van der Waals surface area contributed by atoms with Crippen molar-refractivity contribution in [1.29, 1.82) is 0 Å². The predicted molar refractivity (Wildman–Crippen MR) is 123 cm³/mol. The Morgan fingerprint density at radius 3 is 2.32 bits per heavy atom. The highest BCUT2D eigenvalue weighted by Gasteiger charge is 2.30. The molecule has 0 atom stereocenters. The molecule has 5 rings (SSSR count). The number of nitrogens with zero attached hydrogens (tertiary/aromatic N) is 5. The molecule has 0 saturated carbocycles. The van der Waals surface area contributed by atoms with E-state index in [1.54, 1.807) is 20.1 Å². The fraction of sp³-hybridized carbons (Fsp3) is 0.160. The van der Waals surface area contributed by atoms with Gasteiger partial charge in [0.05, 0.1) is 34.7 Å². The van der Waals surface area contributed by atoms with E-state index in [9.17, 15) is 18.0 Å². The zero-order valence-corrected chi connectivity index (χ0v) is 18.4. The molecule has 3 heterocycles. The van der Waals surface area contributed by atoms with Gasteiger partial charge in [-0.15, -0.1) is 0 Å². The van der Waals surface area contributed by atoms with E-state index in [1.165, 1.54) is 18.2 Å². The first kappa shape index (κ1) is 21.7. The fourth-order valence-electron chi connectivity index (χ4n) is 4.04. The van der Waals surface area contributed by atoms with Gasteiger partial charge in [-0.2, -0.15) is 23.4 Å². The molecule has 0 spiro atoms. The van der Waals surface area contributed by atoms with Crippen molar-refractivity contribution in [3.05, 3.63) is 100 Å². The predicted octanol–water partition coefficient (Wildman–Crippen LogP) is 4.96. The van der Waals surface area contributed by atoms with Crippen LogP contribution in [0, 0.1) is 6.92 Å². The maximum Gasteiger partial charge on any atom is 0.416 e. The van der Waals surface area contributed by atoms with Crippen LogP contribution in [0.4, 0.5) is 13.2 Å². The van der Waals surface area contributed by atoms with Crippen LogP contribution in [0.5, 0.6) is 0 Å². The molecular weight excluding hydrogens is 443 g/mol. The van der Waals surface area contributed by atoms with Crippen molar-refractivity contribution < 1.29 is 13.2 Å². The second kappa shape index (κ2) is 8.02. The summed E-state index contributed by atoms with van der Waals surface area (Å²) >= 11 is 0. The summed E-state index contributed by atoms with van der Waals surface area (Å²) in [6, 6.07) is 17.5. The first-order valence-electron chi connectivity index (χ1n) is 10.6. The maximum atomic E-state index is 13.0. The van der Waals surface area contributed by atoms with Gasteiger partial charge < -0.3 is 4.57 Å². The van der Waals surface area contributed by atoms with Crippen molar-refractivity contribution in [3.63, 3.8) is 0 Å².